The summed E-state index contributed by atoms with van der Waals surface area (Å²) in [6.07, 6.45) is -1.27. The molecule has 100 valence electrons. The number of methoxy groups -OCH3 is 1. The van der Waals surface area contributed by atoms with Gasteiger partial charge in [-0.25, -0.2) is 4.79 Å². The second-order valence-electron chi connectivity index (χ2n) is 3.82. The Hall–Kier alpha value is -1.89. The molecule has 0 aromatic carbocycles. The Bertz CT molecular complexity index is 421. The van der Waals surface area contributed by atoms with Crippen molar-refractivity contribution in [1.82, 2.24) is 10.5 Å². The maximum absolute atomic E-state index is 11.6. The maximum atomic E-state index is 11.6. The minimum atomic E-state index is -1.36. The topological polar surface area (TPSA) is 102 Å². The third-order valence-electron chi connectivity index (χ3n) is 2.48. The van der Waals surface area contributed by atoms with Crippen LogP contribution in [0.15, 0.2) is 4.52 Å². The van der Waals surface area contributed by atoms with Gasteiger partial charge in [0.05, 0.1) is 25.8 Å². The zero-order chi connectivity index (χ0) is 13.7. The first-order valence-corrected chi connectivity index (χ1v) is 5.40. The Labute approximate surface area is 104 Å². The number of aliphatic hydroxyl groups is 1. The fourth-order valence-corrected chi connectivity index (χ4v) is 1.41. The average Bonchev–Trinajstić information content (AvgIpc) is 2.66. The summed E-state index contributed by atoms with van der Waals surface area (Å²) in [5.74, 6) is -0.531. The minimum Gasteiger partial charge on any atom is -0.467 e. The Morgan fingerprint density at radius 3 is 2.67 bits per heavy atom. The molecule has 18 heavy (non-hydrogen) atoms. The maximum Gasteiger partial charge on any atom is 0.336 e. The number of carbonyl (C=O) groups excluding carboxylic acids is 2. The fourth-order valence-electron chi connectivity index (χ4n) is 1.41. The van der Waals surface area contributed by atoms with Crippen LogP contribution >= 0.6 is 0 Å². The van der Waals surface area contributed by atoms with Crippen molar-refractivity contribution in [2.24, 2.45) is 0 Å². The molecule has 0 aliphatic carbocycles. The van der Waals surface area contributed by atoms with E-state index in [1.54, 1.807) is 13.8 Å². The molecule has 7 heteroatoms. The summed E-state index contributed by atoms with van der Waals surface area (Å²) in [7, 11) is 1.16. The summed E-state index contributed by atoms with van der Waals surface area (Å²) in [6.45, 7) is 3.27. The lowest BCUT2D eigenvalue weighted by atomic mass is 10.1. The van der Waals surface area contributed by atoms with E-state index in [0.29, 0.717) is 17.0 Å². The molecule has 2 N–H and O–H groups in total. The number of aryl methyl sites for hydroxylation is 2. The molecule has 1 rings (SSSR count). The second-order valence-corrected chi connectivity index (χ2v) is 3.82. The summed E-state index contributed by atoms with van der Waals surface area (Å²) >= 11 is 0. The Kier molecular flexibility index (Phi) is 4.85. The summed E-state index contributed by atoms with van der Waals surface area (Å²) in [5, 5.41) is 15.4. The number of nitrogens with one attached hydrogen (secondary N) is 1. The molecular formula is C11H16N2O5. The highest BCUT2D eigenvalue weighted by Gasteiger charge is 2.18. The van der Waals surface area contributed by atoms with Crippen LogP contribution in [0.4, 0.5) is 0 Å². The number of aliphatic hydroxyl groups excluding tert-OH is 1. The number of carbonyl (C=O) groups is 2. The molecule has 1 unspecified atom stereocenters. The van der Waals surface area contributed by atoms with Crippen LogP contribution < -0.4 is 5.32 Å². The lowest BCUT2D eigenvalue weighted by Crippen LogP contribution is -2.37. The lowest BCUT2D eigenvalue weighted by molar-refractivity contribution is -0.150. The smallest absolute Gasteiger partial charge is 0.336 e. The molecule has 1 amide bonds. The normalized spacial score (nSPS) is 12.0. The van der Waals surface area contributed by atoms with Gasteiger partial charge in [0.15, 0.2) is 6.10 Å². The van der Waals surface area contributed by atoms with Crippen molar-refractivity contribution in [3.63, 3.8) is 0 Å². The third-order valence-corrected chi connectivity index (χ3v) is 2.48. The summed E-state index contributed by atoms with van der Waals surface area (Å²) in [5.41, 5.74) is 1.36. The molecule has 0 bridgehead atoms. The largest absolute Gasteiger partial charge is 0.467 e. The second kappa shape index (κ2) is 6.15. The Morgan fingerprint density at radius 2 is 2.17 bits per heavy atom. The standard InChI is InChI=1S/C11H16N2O5/c1-6-8(7(2)18-13-6)4-10(15)12-5-9(14)11(16)17-3/h9,14H,4-5H2,1-3H3,(H,12,15). The van der Waals surface area contributed by atoms with Gasteiger partial charge in [-0.2, -0.15) is 0 Å². The minimum absolute atomic E-state index is 0.0923. The number of rotatable bonds is 5. The van der Waals surface area contributed by atoms with Gasteiger partial charge in [-0.05, 0) is 13.8 Å². The molecule has 0 radical (unpaired) electrons. The van der Waals surface area contributed by atoms with E-state index >= 15 is 0 Å². The highest BCUT2D eigenvalue weighted by Crippen LogP contribution is 2.12. The van der Waals surface area contributed by atoms with Gasteiger partial charge in [-0.1, -0.05) is 5.16 Å². The van der Waals surface area contributed by atoms with Crippen LogP contribution in [0.2, 0.25) is 0 Å². The molecule has 1 atom stereocenters. The van der Waals surface area contributed by atoms with Gasteiger partial charge >= 0.3 is 5.97 Å². The molecule has 1 heterocycles. The fraction of sp³-hybridized carbons (Fsp3) is 0.545. The number of hydrogen-bond donors (Lipinski definition) is 2. The Balaban J connectivity index is 2.46. The van der Waals surface area contributed by atoms with Gasteiger partial charge in [-0.3, -0.25) is 4.79 Å². The molecule has 7 nitrogen and oxygen atoms in total. The van der Waals surface area contributed by atoms with E-state index in [-0.39, 0.29) is 18.9 Å². The van der Waals surface area contributed by atoms with Crippen molar-refractivity contribution in [2.45, 2.75) is 26.4 Å². The van der Waals surface area contributed by atoms with Crippen molar-refractivity contribution in [3.05, 3.63) is 17.0 Å². The highest BCUT2D eigenvalue weighted by atomic mass is 16.5. The number of ether oxygens (including phenoxy) is 1. The van der Waals surface area contributed by atoms with Crippen LogP contribution in [0.25, 0.3) is 0 Å². The zero-order valence-corrected chi connectivity index (χ0v) is 10.5. The van der Waals surface area contributed by atoms with E-state index in [2.05, 4.69) is 15.2 Å². The molecule has 0 fully saturated rings. The molecule has 1 aromatic heterocycles. The molecule has 0 saturated carbocycles. The van der Waals surface area contributed by atoms with Crippen molar-refractivity contribution < 1.29 is 24.0 Å². The van der Waals surface area contributed by atoms with Crippen molar-refractivity contribution >= 4 is 11.9 Å². The average molecular weight is 256 g/mol. The molecular weight excluding hydrogens is 240 g/mol. The van der Waals surface area contributed by atoms with Crippen LogP contribution in [0.1, 0.15) is 17.0 Å². The quantitative estimate of drug-likeness (QED) is 0.688. The number of aromatic nitrogens is 1. The first-order chi connectivity index (χ1) is 8.45. The van der Waals surface area contributed by atoms with Gasteiger partial charge in [-0.15, -0.1) is 0 Å². The third kappa shape index (κ3) is 3.56. The van der Waals surface area contributed by atoms with Gasteiger partial charge in [0, 0.05) is 5.56 Å². The van der Waals surface area contributed by atoms with Crippen molar-refractivity contribution in [2.75, 3.05) is 13.7 Å². The van der Waals surface area contributed by atoms with E-state index in [1.165, 1.54) is 0 Å². The van der Waals surface area contributed by atoms with Crippen LogP contribution in [0.5, 0.6) is 0 Å². The number of nitrogens with zero attached hydrogens (tertiary/aromatic N) is 1. The summed E-state index contributed by atoms with van der Waals surface area (Å²) in [6, 6.07) is 0. The van der Waals surface area contributed by atoms with Gasteiger partial charge < -0.3 is 19.7 Å². The van der Waals surface area contributed by atoms with E-state index in [0.717, 1.165) is 7.11 Å². The van der Waals surface area contributed by atoms with E-state index in [4.69, 9.17) is 4.52 Å². The van der Waals surface area contributed by atoms with Gasteiger partial charge in [0.2, 0.25) is 5.91 Å². The highest BCUT2D eigenvalue weighted by molar-refractivity contribution is 5.80. The molecule has 1 aromatic rings. The molecule has 0 aliphatic heterocycles. The molecule has 0 spiro atoms. The summed E-state index contributed by atoms with van der Waals surface area (Å²) in [4.78, 5) is 22.5. The first kappa shape index (κ1) is 14.2. The Morgan fingerprint density at radius 1 is 1.50 bits per heavy atom. The van der Waals surface area contributed by atoms with E-state index in [9.17, 15) is 14.7 Å². The van der Waals surface area contributed by atoms with E-state index in [1.807, 2.05) is 0 Å². The van der Waals surface area contributed by atoms with Crippen molar-refractivity contribution in [1.29, 1.82) is 0 Å². The van der Waals surface area contributed by atoms with E-state index < -0.39 is 12.1 Å². The monoisotopic (exact) mass is 256 g/mol. The number of esters is 1. The van der Waals surface area contributed by atoms with Crippen LogP contribution in [-0.4, -0.2) is 41.9 Å². The summed E-state index contributed by atoms with van der Waals surface area (Å²) < 4.78 is 9.25. The van der Waals surface area contributed by atoms with Crippen LogP contribution in [-0.2, 0) is 20.7 Å². The van der Waals surface area contributed by atoms with Crippen LogP contribution in [0.3, 0.4) is 0 Å². The lowest BCUT2D eigenvalue weighted by Gasteiger charge is -2.09. The van der Waals surface area contributed by atoms with Crippen LogP contribution in [0, 0.1) is 13.8 Å². The zero-order valence-electron chi connectivity index (χ0n) is 10.5. The SMILES string of the molecule is COC(=O)C(O)CNC(=O)Cc1c(C)noc1C. The number of hydrogen-bond acceptors (Lipinski definition) is 6. The first-order valence-electron chi connectivity index (χ1n) is 5.40. The van der Waals surface area contributed by atoms with Gasteiger partial charge in [0.1, 0.15) is 5.76 Å². The molecule has 0 aliphatic rings. The van der Waals surface area contributed by atoms with Crippen molar-refractivity contribution in [3.8, 4) is 0 Å². The number of amides is 1. The predicted octanol–water partition coefficient (Wildman–Crippen LogP) is -0.516. The predicted molar refractivity (Wildman–Crippen MR) is 60.7 cm³/mol. The molecule has 0 saturated heterocycles. The van der Waals surface area contributed by atoms with Gasteiger partial charge in [0.25, 0.3) is 0 Å².